The molecule has 0 saturated heterocycles. The zero-order valence-corrected chi connectivity index (χ0v) is 16.6. The Hall–Kier alpha value is -2.39. The third-order valence-electron chi connectivity index (χ3n) is 4.22. The molecule has 3 nitrogen and oxygen atoms in total. The van der Waals surface area contributed by atoms with Crippen molar-refractivity contribution in [2.24, 2.45) is 4.99 Å². The molecule has 0 fully saturated rings. The van der Waals surface area contributed by atoms with Crippen LogP contribution in [0.3, 0.4) is 0 Å². The summed E-state index contributed by atoms with van der Waals surface area (Å²) >= 11 is 2.36. The molecule has 0 aliphatic heterocycles. The summed E-state index contributed by atoms with van der Waals surface area (Å²) in [6.45, 7) is 6.35. The minimum absolute atomic E-state index is 0.645. The predicted molar refractivity (Wildman–Crippen MR) is 111 cm³/mol. The van der Waals surface area contributed by atoms with Gasteiger partial charge in [-0.05, 0) is 97.5 Å². The van der Waals surface area contributed by atoms with E-state index in [-0.39, 0.29) is 0 Å². The van der Waals surface area contributed by atoms with Gasteiger partial charge in [0.15, 0.2) is 0 Å². The average Bonchev–Trinajstić information content (AvgIpc) is 2.90. The highest BCUT2D eigenvalue weighted by Crippen LogP contribution is 2.23. The highest BCUT2D eigenvalue weighted by Gasteiger charge is 2.10. The zero-order chi connectivity index (χ0) is 18.0. The lowest BCUT2D eigenvalue weighted by Crippen LogP contribution is -2.00. The summed E-state index contributed by atoms with van der Waals surface area (Å²) in [6, 6.07) is 18.1. The topological polar surface area (TPSA) is 41.1 Å². The van der Waals surface area contributed by atoms with E-state index in [0.717, 1.165) is 16.9 Å². The first kappa shape index (κ1) is 17.4. The summed E-state index contributed by atoms with van der Waals surface area (Å²) < 4.78 is 3.52. The van der Waals surface area contributed by atoms with E-state index in [9.17, 15) is 0 Å². The maximum Gasteiger partial charge on any atom is 0.0991 e. The fourth-order valence-corrected chi connectivity index (χ4v) is 3.19. The first-order valence-electron chi connectivity index (χ1n) is 7.99. The van der Waals surface area contributed by atoms with Crippen LogP contribution in [0.4, 0.5) is 5.69 Å². The first-order chi connectivity index (χ1) is 12.0. The highest BCUT2D eigenvalue weighted by atomic mass is 127. The van der Waals surface area contributed by atoms with Crippen molar-refractivity contribution in [3.05, 3.63) is 80.2 Å². The normalized spacial score (nSPS) is 11.0. The Kier molecular flexibility index (Phi) is 5.05. The van der Waals surface area contributed by atoms with Crippen LogP contribution in [0, 0.1) is 35.7 Å². The Bertz CT molecular complexity index is 989. The van der Waals surface area contributed by atoms with Crippen LogP contribution in [0.1, 0.15) is 28.1 Å². The van der Waals surface area contributed by atoms with Crippen molar-refractivity contribution in [3.63, 3.8) is 0 Å². The van der Waals surface area contributed by atoms with Crippen LogP contribution in [0.5, 0.6) is 0 Å². The van der Waals surface area contributed by atoms with Gasteiger partial charge in [-0.15, -0.1) is 0 Å². The van der Waals surface area contributed by atoms with Gasteiger partial charge in [0.05, 0.1) is 17.3 Å². The molecule has 25 heavy (non-hydrogen) atoms. The fraction of sp³-hybridized carbons (Fsp3) is 0.143. The van der Waals surface area contributed by atoms with Gasteiger partial charge >= 0.3 is 0 Å². The van der Waals surface area contributed by atoms with E-state index >= 15 is 0 Å². The Labute approximate surface area is 161 Å². The van der Waals surface area contributed by atoms with Gasteiger partial charge in [-0.2, -0.15) is 5.26 Å². The van der Waals surface area contributed by atoms with Crippen LogP contribution in [0.2, 0.25) is 0 Å². The summed E-state index contributed by atoms with van der Waals surface area (Å²) in [6.07, 6.45) is 1.89. The predicted octanol–water partition coefficient (Wildman–Crippen LogP) is 5.63. The van der Waals surface area contributed by atoms with Crippen LogP contribution >= 0.6 is 22.6 Å². The molecule has 0 bridgehead atoms. The molecule has 0 radical (unpaired) electrons. The molecule has 0 unspecified atom stereocenters. The van der Waals surface area contributed by atoms with Crippen LogP contribution in [0.15, 0.2) is 53.5 Å². The number of nitrogens with zero attached hydrogens (tertiary/aromatic N) is 3. The molecule has 3 aromatic rings. The second kappa shape index (κ2) is 7.24. The second-order valence-corrected chi connectivity index (χ2v) is 7.17. The largest absolute Gasteiger partial charge is 0.318 e. The SMILES string of the molecule is Cc1cc(-n2c(C)cc(C=Nc3ccc(C#N)cc3)c2C)ccc1I. The van der Waals surface area contributed by atoms with Crippen molar-refractivity contribution < 1.29 is 0 Å². The summed E-state index contributed by atoms with van der Waals surface area (Å²) in [5, 5.41) is 8.86. The number of halogens is 1. The van der Waals surface area contributed by atoms with Gasteiger partial charge in [-0.25, -0.2) is 0 Å². The molecular weight excluding hydrogens is 421 g/mol. The van der Waals surface area contributed by atoms with E-state index in [0.29, 0.717) is 5.56 Å². The number of aromatic nitrogens is 1. The first-order valence-corrected chi connectivity index (χ1v) is 9.07. The summed E-state index contributed by atoms with van der Waals surface area (Å²) in [7, 11) is 0. The second-order valence-electron chi connectivity index (χ2n) is 6.01. The number of nitriles is 1. The number of hydrogen-bond donors (Lipinski definition) is 0. The number of hydrogen-bond acceptors (Lipinski definition) is 2. The summed E-state index contributed by atoms with van der Waals surface area (Å²) in [4.78, 5) is 4.54. The van der Waals surface area contributed by atoms with E-state index in [1.807, 2.05) is 18.3 Å². The maximum absolute atomic E-state index is 8.86. The molecule has 1 aromatic heterocycles. The van der Waals surface area contributed by atoms with Gasteiger partial charge in [0, 0.05) is 32.4 Å². The minimum Gasteiger partial charge on any atom is -0.318 e. The van der Waals surface area contributed by atoms with E-state index in [1.165, 1.54) is 20.5 Å². The summed E-state index contributed by atoms with van der Waals surface area (Å²) in [5.74, 6) is 0. The van der Waals surface area contributed by atoms with Gasteiger partial charge in [-0.1, -0.05) is 0 Å². The third-order valence-corrected chi connectivity index (χ3v) is 5.43. The maximum atomic E-state index is 8.86. The number of aryl methyl sites for hydroxylation is 2. The molecule has 0 atom stereocenters. The molecule has 124 valence electrons. The van der Waals surface area contributed by atoms with Crippen LogP contribution in [0.25, 0.3) is 5.69 Å². The molecule has 3 rings (SSSR count). The molecule has 0 amide bonds. The Morgan fingerprint density at radius 2 is 1.76 bits per heavy atom. The monoisotopic (exact) mass is 439 g/mol. The molecule has 0 spiro atoms. The van der Waals surface area contributed by atoms with Gasteiger partial charge in [0.1, 0.15) is 0 Å². The van der Waals surface area contributed by atoms with Gasteiger partial charge in [-0.3, -0.25) is 4.99 Å². The van der Waals surface area contributed by atoms with Crippen LogP contribution in [-0.2, 0) is 0 Å². The third kappa shape index (κ3) is 3.67. The Morgan fingerprint density at radius 3 is 2.40 bits per heavy atom. The van der Waals surface area contributed by atoms with Crippen molar-refractivity contribution in [1.29, 1.82) is 5.26 Å². The number of rotatable bonds is 3. The van der Waals surface area contributed by atoms with E-state index in [2.05, 4.69) is 83.3 Å². The fourth-order valence-electron chi connectivity index (χ4n) is 2.85. The lowest BCUT2D eigenvalue weighted by Gasteiger charge is -2.11. The average molecular weight is 439 g/mol. The van der Waals surface area contributed by atoms with Crippen LogP contribution in [-0.4, -0.2) is 10.8 Å². The van der Waals surface area contributed by atoms with Gasteiger partial charge in [0.25, 0.3) is 0 Å². The minimum atomic E-state index is 0.645. The van der Waals surface area contributed by atoms with Crippen LogP contribution < -0.4 is 0 Å². The molecule has 0 N–H and O–H groups in total. The lowest BCUT2D eigenvalue weighted by molar-refractivity contribution is 0.962. The summed E-state index contributed by atoms with van der Waals surface area (Å²) in [5.41, 5.74) is 7.37. The molecule has 4 heteroatoms. The smallest absolute Gasteiger partial charge is 0.0991 e. The Balaban J connectivity index is 1.94. The van der Waals surface area contributed by atoms with Gasteiger partial charge < -0.3 is 4.57 Å². The van der Waals surface area contributed by atoms with Crippen molar-refractivity contribution >= 4 is 34.5 Å². The van der Waals surface area contributed by atoms with Crippen molar-refractivity contribution in [2.75, 3.05) is 0 Å². The molecule has 0 aliphatic carbocycles. The van der Waals surface area contributed by atoms with Gasteiger partial charge in [0.2, 0.25) is 0 Å². The van der Waals surface area contributed by atoms with E-state index < -0.39 is 0 Å². The number of aliphatic imine (C=N–C) groups is 1. The standard InChI is InChI=1S/C21H18IN3/c1-14-10-20(8-9-21(14)22)25-15(2)11-18(16(25)3)13-24-19-6-4-17(12-23)5-7-19/h4-11,13H,1-3H3. The zero-order valence-electron chi connectivity index (χ0n) is 14.4. The van der Waals surface area contributed by atoms with E-state index in [1.54, 1.807) is 12.1 Å². The molecule has 0 saturated carbocycles. The molecule has 1 heterocycles. The number of benzene rings is 2. The molecule has 0 aliphatic rings. The van der Waals surface area contributed by atoms with Crippen molar-refractivity contribution in [2.45, 2.75) is 20.8 Å². The van der Waals surface area contributed by atoms with E-state index in [4.69, 9.17) is 5.26 Å². The Morgan fingerprint density at radius 1 is 1.04 bits per heavy atom. The molecule has 2 aromatic carbocycles. The quantitative estimate of drug-likeness (QED) is 0.385. The van der Waals surface area contributed by atoms with Crippen molar-refractivity contribution in [1.82, 2.24) is 4.57 Å². The molecular formula is C21H18IN3. The lowest BCUT2D eigenvalue weighted by atomic mass is 10.2. The van der Waals surface area contributed by atoms with Crippen molar-refractivity contribution in [3.8, 4) is 11.8 Å². The highest BCUT2D eigenvalue weighted by molar-refractivity contribution is 14.1.